The van der Waals surface area contributed by atoms with Gasteiger partial charge in [0.2, 0.25) is 0 Å². The molecule has 0 saturated carbocycles. The molecule has 2 heterocycles. The Morgan fingerprint density at radius 2 is 2.33 bits per heavy atom. The predicted octanol–water partition coefficient (Wildman–Crippen LogP) is 3.00. The standard InChI is InChI=1S/C17H20N2O2/c1-12(4-6-15-3-2-10-21-15)19-17(20)14-5-7-16-13(11-14)8-9-18-16/h2-3,5,7,10-12,18H,4,6,8-9H2,1H3,(H,19,20). The molecule has 1 amide bonds. The number of aryl methyl sites for hydroxylation is 1. The van der Waals surface area contributed by atoms with Gasteiger partial charge in [0.15, 0.2) is 0 Å². The Hall–Kier alpha value is -2.23. The Morgan fingerprint density at radius 1 is 1.43 bits per heavy atom. The molecule has 4 heteroatoms. The SMILES string of the molecule is CC(CCc1ccco1)NC(=O)c1ccc2c(c1)CCN2. The van der Waals surface area contributed by atoms with Crippen molar-refractivity contribution in [2.75, 3.05) is 11.9 Å². The fraction of sp³-hybridized carbons (Fsp3) is 0.353. The van der Waals surface area contributed by atoms with E-state index in [1.165, 1.54) is 5.56 Å². The van der Waals surface area contributed by atoms with Gasteiger partial charge in [-0.3, -0.25) is 4.79 Å². The van der Waals surface area contributed by atoms with Crippen LogP contribution in [0.3, 0.4) is 0 Å². The molecule has 4 nitrogen and oxygen atoms in total. The first-order valence-electron chi connectivity index (χ1n) is 7.42. The normalized spacial score (nSPS) is 14.3. The van der Waals surface area contributed by atoms with Crippen molar-refractivity contribution in [3.63, 3.8) is 0 Å². The first kappa shape index (κ1) is 13.7. The Balaban J connectivity index is 1.55. The molecule has 0 spiro atoms. The molecule has 21 heavy (non-hydrogen) atoms. The number of hydrogen-bond donors (Lipinski definition) is 2. The Labute approximate surface area is 124 Å². The van der Waals surface area contributed by atoms with E-state index >= 15 is 0 Å². The third kappa shape index (κ3) is 3.27. The largest absolute Gasteiger partial charge is 0.469 e. The quantitative estimate of drug-likeness (QED) is 0.887. The molecule has 1 aromatic carbocycles. The number of amides is 1. The molecule has 0 radical (unpaired) electrons. The molecular formula is C17H20N2O2. The highest BCUT2D eigenvalue weighted by Gasteiger charge is 2.15. The van der Waals surface area contributed by atoms with Crippen LogP contribution in [0, 0.1) is 0 Å². The molecule has 1 aliphatic rings. The highest BCUT2D eigenvalue weighted by Crippen LogP contribution is 2.23. The van der Waals surface area contributed by atoms with Gasteiger partial charge in [-0.05, 0) is 55.7 Å². The van der Waals surface area contributed by atoms with Gasteiger partial charge >= 0.3 is 0 Å². The van der Waals surface area contributed by atoms with E-state index in [1.807, 2.05) is 37.3 Å². The second-order valence-electron chi connectivity index (χ2n) is 5.54. The number of anilines is 1. The maximum Gasteiger partial charge on any atom is 0.251 e. The highest BCUT2D eigenvalue weighted by molar-refractivity contribution is 5.95. The van der Waals surface area contributed by atoms with Gasteiger partial charge in [-0.2, -0.15) is 0 Å². The molecule has 0 saturated heterocycles. The molecule has 1 aliphatic heterocycles. The summed E-state index contributed by atoms with van der Waals surface area (Å²) in [5.74, 6) is 0.955. The van der Waals surface area contributed by atoms with E-state index in [1.54, 1.807) is 6.26 Å². The average molecular weight is 284 g/mol. The number of carbonyl (C=O) groups is 1. The van der Waals surface area contributed by atoms with Crippen LogP contribution in [0.25, 0.3) is 0 Å². The van der Waals surface area contributed by atoms with Crippen LogP contribution in [0.15, 0.2) is 41.0 Å². The van der Waals surface area contributed by atoms with E-state index in [0.29, 0.717) is 0 Å². The number of fused-ring (bicyclic) bond motifs is 1. The van der Waals surface area contributed by atoms with Crippen molar-refractivity contribution < 1.29 is 9.21 Å². The number of rotatable bonds is 5. The maximum atomic E-state index is 12.3. The van der Waals surface area contributed by atoms with Crippen LogP contribution in [-0.2, 0) is 12.8 Å². The molecule has 1 unspecified atom stereocenters. The van der Waals surface area contributed by atoms with Crippen LogP contribution in [0.5, 0.6) is 0 Å². The van der Waals surface area contributed by atoms with Gasteiger partial charge in [-0.15, -0.1) is 0 Å². The summed E-state index contributed by atoms with van der Waals surface area (Å²) in [6.07, 6.45) is 4.37. The summed E-state index contributed by atoms with van der Waals surface area (Å²) in [4.78, 5) is 12.3. The fourth-order valence-electron chi connectivity index (χ4n) is 2.64. The summed E-state index contributed by atoms with van der Waals surface area (Å²) in [5.41, 5.74) is 3.12. The molecule has 110 valence electrons. The number of carbonyl (C=O) groups excluding carboxylic acids is 1. The first-order valence-corrected chi connectivity index (χ1v) is 7.42. The predicted molar refractivity (Wildman–Crippen MR) is 82.6 cm³/mol. The molecule has 1 aromatic heterocycles. The van der Waals surface area contributed by atoms with Crippen molar-refractivity contribution >= 4 is 11.6 Å². The van der Waals surface area contributed by atoms with Crippen molar-refractivity contribution in [3.05, 3.63) is 53.5 Å². The summed E-state index contributed by atoms with van der Waals surface area (Å²) in [6, 6.07) is 9.83. The zero-order valence-corrected chi connectivity index (χ0v) is 12.2. The van der Waals surface area contributed by atoms with Gasteiger partial charge < -0.3 is 15.1 Å². The van der Waals surface area contributed by atoms with Crippen LogP contribution >= 0.6 is 0 Å². The minimum absolute atomic E-state index is 0.00311. The van der Waals surface area contributed by atoms with E-state index in [-0.39, 0.29) is 11.9 Å². The van der Waals surface area contributed by atoms with E-state index in [9.17, 15) is 4.79 Å². The van der Waals surface area contributed by atoms with Crippen LogP contribution in [0.2, 0.25) is 0 Å². The Kier molecular flexibility index (Phi) is 3.95. The van der Waals surface area contributed by atoms with Crippen molar-refractivity contribution in [1.29, 1.82) is 0 Å². The number of nitrogens with one attached hydrogen (secondary N) is 2. The van der Waals surface area contributed by atoms with Gasteiger partial charge in [0.25, 0.3) is 5.91 Å². The van der Waals surface area contributed by atoms with Crippen LogP contribution < -0.4 is 10.6 Å². The molecular weight excluding hydrogens is 264 g/mol. The maximum absolute atomic E-state index is 12.3. The van der Waals surface area contributed by atoms with Gasteiger partial charge in [0, 0.05) is 30.3 Å². The third-order valence-electron chi connectivity index (χ3n) is 3.86. The van der Waals surface area contributed by atoms with Crippen molar-refractivity contribution in [2.45, 2.75) is 32.2 Å². The smallest absolute Gasteiger partial charge is 0.251 e. The summed E-state index contributed by atoms with van der Waals surface area (Å²) < 4.78 is 5.30. The molecule has 0 aliphatic carbocycles. The Morgan fingerprint density at radius 3 is 3.14 bits per heavy atom. The third-order valence-corrected chi connectivity index (χ3v) is 3.86. The van der Waals surface area contributed by atoms with Crippen molar-refractivity contribution in [1.82, 2.24) is 5.32 Å². The number of furan rings is 1. The summed E-state index contributed by atoms with van der Waals surface area (Å²) in [6.45, 7) is 2.98. The van der Waals surface area contributed by atoms with Gasteiger partial charge in [-0.25, -0.2) is 0 Å². The van der Waals surface area contributed by atoms with E-state index in [0.717, 1.165) is 42.8 Å². The van der Waals surface area contributed by atoms with Gasteiger partial charge in [0.05, 0.1) is 6.26 Å². The lowest BCUT2D eigenvalue weighted by atomic mass is 10.1. The van der Waals surface area contributed by atoms with Crippen LogP contribution in [0.4, 0.5) is 5.69 Å². The number of hydrogen-bond acceptors (Lipinski definition) is 3. The summed E-state index contributed by atoms with van der Waals surface area (Å²) >= 11 is 0. The molecule has 0 bridgehead atoms. The van der Waals surface area contributed by atoms with E-state index in [4.69, 9.17) is 4.42 Å². The molecule has 2 N–H and O–H groups in total. The lowest BCUT2D eigenvalue weighted by Gasteiger charge is -2.13. The van der Waals surface area contributed by atoms with Gasteiger partial charge in [0.1, 0.15) is 5.76 Å². The van der Waals surface area contributed by atoms with Crippen molar-refractivity contribution in [3.8, 4) is 0 Å². The fourth-order valence-corrected chi connectivity index (χ4v) is 2.64. The van der Waals surface area contributed by atoms with E-state index < -0.39 is 0 Å². The monoisotopic (exact) mass is 284 g/mol. The first-order chi connectivity index (χ1) is 10.2. The highest BCUT2D eigenvalue weighted by atomic mass is 16.3. The van der Waals surface area contributed by atoms with Crippen LogP contribution in [-0.4, -0.2) is 18.5 Å². The molecule has 1 atom stereocenters. The average Bonchev–Trinajstić information content (AvgIpc) is 3.15. The van der Waals surface area contributed by atoms with Crippen molar-refractivity contribution in [2.24, 2.45) is 0 Å². The second kappa shape index (κ2) is 6.04. The minimum Gasteiger partial charge on any atom is -0.469 e. The number of benzene rings is 1. The lowest BCUT2D eigenvalue weighted by molar-refractivity contribution is 0.0938. The zero-order chi connectivity index (χ0) is 14.7. The van der Waals surface area contributed by atoms with Gasteiger partial charge in [-0.1, -0.05) is 0 Å². The molecule has 3 rings (SSSR count). The minimum atomic E-state index is -0.00311. The Bertz CT molecular complexity index is 620. The molecule has 2 aromatic rings. The van der Waals surface area contributed by atoms with E-state index in [2.05, 4.69) is 10.6 Å². The zero-order valence-electron chi connectivity index (χ0n) is 12.2. The lowest BCUT2D eigenvalue weighted by Crippen LogP contribution is -2.32. The topological polar surface area (TPSA) is 54.3 Å². The summed E-state index contributed by atoms with van der Waals surface area (Å²) in [5, 5.41) is 6.35. The second-order valence-corrected chi connectivity index (χ2v) is 5.54. The summed E-state index contributed by atoms with van der Waals surface area (Å²) in [7, 11) is 0. The van der Waals surface area contributed by atoms with Crippen LogP contribution in [0.1, 0.15) is 35.0 Å². The molecule has 0 fully saturated rings.